The lowest BCUT2D eigenvalue weighted by Gasteiger charge is -2.19. The van der Waals surface area contributed by atoms with E-state index in [2.05, 4.69) is 18.5 Å². The number of carbonyl (C=O) groups excluding carboxylic acids is 1. The maximum Gasteiger partial charge on any atom is 0.248 e. The maximum absolute atomic E-state index is 12.9. The molecule has 0 aliphatic heterocycles. The van der Waals surface area contributed by atoms with Crippen LogP contribution in [-0.2, 0) is 14.8 Å². The van der Waals surface area contributed by atoms with Crippen molar-refractivity contribution >= 4 is 27.7 Å². The third-order valence-electron chi connectivity index (χ3n) is 3.72. The summed E-state index contributed by atoms with van der Waals surface area (Å²) in [6, 6.07) is 11.6. The smallest absolute Gasteiger partial charge is 0.248 e. The van der Waals surface area contributed by atoms with Gasteiger partial charge in [-0.3, -0.25) is 4.79 Å². The summed E-state index contributed by atoms with van der Waals surface area (Å²) < 4.78 is 39.4. The van der Waals surface area contributed by atoms with Crippen molar-refractivity contribution in [2.24, 2.45) is 0 Å². The minimum absolute atomic E-state index is 0.107. The van der Waals surface area contributed by atoms with Gasteiger partial charge in [-0.2, -0.15) is 4.31 Å². The average Bonchev–Trinajstić information content (AvgIpc) is 2.68. The number of carbonyl (C=O) groups is 1. The van der Waals surface area contributed by atoms with Crippen LogP contribution >= 0.6 is 0 Å². The minimum atomic E-state index is -3.69. The van der Waals surface area contributed by atoms with E-state index in [9.17, 15) is 17.6 Å². The molecule has 28 heavy (non-hydrogen) atoms. The highest BCUT2D eigenvalue weighted by molar-refractivity contribution is 7.89. The Kier molecular flexibility index (Phi) is 7.43. The van der Waals surface area contributed by atoms with E-state index >= 15 is 0 Å². The number of nitrogens with one attached hydrogen (secondary N) is 1. The predicted octanol–water partition coefficient (Wildman–Crippen LogP) is 3.84. The molecule has 1 N–H and O–H groups in total. The molecule has 7 heteroatoms. The molecule has 0 unspecified atom stereocenters. The minimum Gasteiger partial charge on any atom is -0.323 e. The Morgan fingerprint density at radius 1 is 1.00 bits per heavy atom. The largest absolute Gasteiger partial charge is 0.323 e. The molecule has 0 saturated heterocycles. The fourth-order valence-corrected chi connectivity index (χ4v) is 3.73. The summed E-state index contributed by atoms with van der Waals surface area (Å²) >= 11 is 0. The second-order valence-corrected chi connectivity index (χ2v) is 7.74. The summed E-state index contributed by atoms with van der Waals surface area (Å²) in [4.78, 5) is 12.1. The lowest BCUT2D eigenvalue weighted by Crippen LogP contribution is -2.31. The number of hydrogen-bond donors (Lipinski definition) is 1. The fourth-order valence-electron chi connectivity index (χ4n) is 2.35. The first-order valence-electron chi connectivity index (χ1n) is 8.43. The Bertz CT molecular complexity index is 956. The van der Waals surface area contributed by atoms with Crippen LogP contribution < -0.4 is 5.32 Å². The second-order valence-electron chi connectivity index (χ2n) is 5.80. The fraction of sp³-hybridized carbons (Fsp3) is 0.0952. The zero-order valence-electron chi connectivity index (χ0n) is 15.2. The standard InChI is InChI=1S/C21H21FN2O3S/c1-3-15-24(16-4-2)28(26,27)20-12-10-19(11-13-20)23-21(25)14-7-17-5-8-18(22)9-6-17/h3-14H,1-2,15-16H2,(H,23,25). The topological polar surface area (TPSA) is 66.5 Å². The van der Waals surface area contributed by atoms with Crippen LogP contribution in [0.2, 0.25) is 0 Å². The van der Waals surface area contributed by atoms with E-state index < -0.39 is 10.0 Å². The van der Waals surface area contributed by atoms with Gasteiger partial charge < -0.3 is 5.32 Å². The van der Waals surface area contributed by atoms with Gasteiger partial charge in [0.25, 0.3) is 0 Å². The molecule has 0 heterocycles. The molecular formula is C21H21FN2O3S. The van der Waals surface area contributed by atoms with E-state index in [1.807, 2.05) is 0 Å². The summed E-state index contributed by atoms with van der Waals surface area (Å²) in [5.41, 5.74) is 1.13. The summed E-state index contributed by atoms with van der Waals surface area (Å²) in [7, 11) is -3.69. The van der Waals surface area contributed by atoms with Gasteiger partial charge in [0.1, 0.15) is 5.82 Å². The van der Waals surface area contributed by atoms with Gasteiger partial charge in [0.15, 0.2) is 0 Å². The normalized spacial score (nSPS) is 11.5. The van der Waals surface area contributed by atoms with Crippen molar-refractivity contribution in [2.45, 2.75) is 4.90 Å². The Hall–Kier alpha value is -3.03. The molecule has 2 rings (SSSR count). The molecule has 2 aromatic carbocycles. The van der Waals surface area contributed by atoms with Crippen molar-refractivity contribution < 1.29 is 17.6 Å². The van der Waals surface area contributed by atoms with E-state index in [0.717, 1.165) is 0 Å². The molecule has 0 fully saturated rings. The number of nitrogens with zero attached hydrogens (tertiary/aromatic N) is 1. The molecule has 0 atom stereocenters. The van der Waals surface area contributed by atoms with Crippen LogP contribution in [0.4, 0.5) is 10.1 Å². The van der Waals surface area contributed by atoms with E-state index in [-0.39, 0.29) is 29.7 Å². The first kappa shape index (κ1) is 21.3. The summed E-state index contributed by atoms with van der Waals surface area (Å²) in [5, 5.41) is 2.64. The average molecular weight is 400 g/mol. The van der Waals surface area contributed by atoms with Gasteiger partial charge in [-0.1, -0.05) is 24.3 Å². The Balaban J connectivity index is 2.07. The van der Waals surface area contributed by atoms with Crippen molar-refractivity contribution in [2.75, 3.05) is 18.4 Å². The molecule has 146 valence electrons. The maximum atomic E-state index is 12.9. The molecule has 0 aliphatic carbocycles. The van der Waals surface area contributed by atoms with Gasteiger partial charge in [0.2, 0.25) is 15.9 Å². The van der Waals surface area contributed by atoms with Gasteiger partial charge in [-0.05, 0) is 48.0 Å². The van der Waals surface area contributed by atoms with Crippen LogP contribution in [-0.4, -0.2) is 31.7 Å². The number of rotatable bonds is 9. The molecule has 0 saturated carbocycles. The van der Waals surface area contributed by atoms with Crippen LogP contribution in [0, 0.1) is 5.82 Å². The molecular weight excluding hydrogens is 379 g/mol. The van der Waals surface area contributed by atoms with Crippen LogP contribution in [0.25, 0.3) is 6.08 Å². The van der Waals surface area contributed by atoms with Crippen molar-refractivity contribution in [1.82, 2.24) is 4.31 Å². The van der Waals surface area contributed by atoms with Gasteiger partial charge in [0.05, 0.1) is 4.90 Å². The predicted molar refractivity (Wildman–Crippen MR) is 110 cm³/mol. The van der Waals surface area contributed by atoms with E-state index in [0.29, 0.717) is 11.3 Å². The highest BCUT2D eigenvalue weighted by Gasteiger charge is 2.22. The third kappa shape index (κ3) is 5.73. The van der Waals surface area contributed by atoms with Gasteiger partial charge in [0, 0.05) is 24.9 Å². The molecule has 0 spiro atoms. The Morgan fingerprint density at radius 2 is 1.57 bits per heavy atom. The number of hydrogen-bond acceptors (Lipinski definition) is 3. The summed E-state index contributed by atoms with van der Waals surface area (Å²) in [5.74, 6) is -0.740. The molecule has 5 nitrogen and oxygen atoms in total. The summed E-state index contributed by atoms with van der Waals surface area (Å²) in [6.45, 7) is 7.47. The number of amides is 1. The zero-order valence-corrected chi connectivity index (χ0v) is 16.0. The highest BCUT2D eigenvalue weighted by Crippen LogP contribution is 2.18. The molecule has 1 amide bonds. The van der Waals surface area contributed by atoms with Crippen LogP contribution in [0.3, 0.4) is 0 Å². The van der Waals surface area contributed by atoms with Crippen molar-refractivity contribution in [1.29, 1.82) is 0 Å². The Labute approximate surface area is 164 Å². The van der Waals surface area contributed by atoms with Gasteiger partial charge >= 0.3 is 0 Å². The van der Waals surface area contributed by atoms with Gasteiger partial charge in [-0.15, -0.1) is 13.2 Å². The lowest BCUT2D eigenvalue weighted by atomic mass is 10.2. The Morgan fingerprint density at radius 3 is 2.11 bits per heavy atom. The number of anilines is 1. The number of benzene rings is 2. The molecule has 2 aromatic rings. The van der Waals surface area contributed by atoms with Crippen molar-refractivity contribution in [3.8, 4) is 0 Å². The molecule has 0 radical (unpaired) electrons. The highest BCUT2D eigenvalue weighted by atomic mass is 32.2. The van der Waals surface area contributed by atoms with Crippen LogP contribution in [0.5, 0.6) is 0 Å². The number of sulfonamides is 1. The zero-order chi connectivity index (χ0) is 20.6. The van der Waals surface area contributed by atoms with Crippen molar-refractivity contribution in [3.05, 3.63) is 91.3 Å². The number of halogens is 1. The van der Waals surface area contributed by atoms with E-state index in [1.165, 1.54) is 58.9 Å². The van der Waals surface area contributed by atoms with E-state index in [4.69, 9.17) is 0 Å². The van der Waals surface area contributed by atoms with Crippen molar-refractivity contribution in [3.63, 3.8) is 0 Å². The van der Waals surface area contributed by atoms with Crippen LogP contribution in [0.1, 0.15) is 5.56 Å². The van der Waals surface area contributed by atoms with Gasteiger partial charge in [-0.25, -0.2) is 12.8 Å². The quantitative estimate of drug-likeness (QED) is 0.514. The third-order valence-corrected chi connectivity index (χ3v) is 5.57. The summed E-state index contributed by atoms with van der Waals surface area (Å²) in [6.07, 6.45) is 5.87. The van der Waals surface area contributed by atoms with E-state index in [1.54, 1.807) is 18.2 Å². The monoisotopic (exact) mass is 400 g/mol. The molecule has 0 bridgehead atoms. The lowest BCUT2D eigenvalue weighted by molar-refractivity contribution is -0.111. The first-order valence-corrected chi connectivity index (χ1v) is 9.87. The second kappa shape index (κ2) is 9.77. The SMILES string of the molecule is C=CCN(CC=C)S(=O)(=O)c1ccc(NC(=O)C=Cc2ccc(F)cc2)cc1. The van der Waals surface area contributed by atoms with Crippen LogP contribution in [0.15, 0.2) is 84.8 Å². The first-order chi connectivity index (χ1) is 13.4. The molecule has 0 aromatic heterocycles. The molecule has 0 aliphatic rings.